The first-order chi connectivity index (χ1) is 11.7. The van der Waals surface area contributed by atoms with E-state index >= 15 is 0 Å². The molecule has 0 atom stereocenters. The van der Waals surface area contributed by atoms with Crippen LogP contribution >= 0.6 is 0 Å². The summed E-state index contributed by atoms with van der Waals surface area (Å²) in [5, 5.41) is 12.4. The number of aromatic carboxylic acids is 1. The molecule has 0 aliphatic carbocycles. The fraction of sp³-hybridized carbons (Fsp3) is 0.143. The van der Waals surface area contributed by atoms with Crippen LogP contribution in [0.25, 0.3) is 5.78 Å². The molecule has 25 heavy (non-hydrogen) atoms. The summed E-state index contributed by atoms with van der Waals surface area (Å²) in [6, 6.07) is 4.87. The number of aromatic nitrogens is 4. The van der Waals surface area contributed by atoms with Crippen LogP contribution in [0.5, 0.6) is 0 Å². The number of carbonyl (C=O) groups is 1. The normalized spacial score (nSPS) is 11.6. The van der Waals surface area contributed by atoms with Gasteiger partial charge in [-0.3, -0.25) is 4.31 Å². The Balaban J connectivity index is 2.15. The maximum atomic E-state index is 14.1. The predicted octanol–water partition coefficient (Wildman–Crippen LogP) is 1.10. The molecule has 0 aliphatic heterocycles. The zero-order chi connectivity index (χ0) is 18.4. The van der Waals surface area contributed by atoms with Crippen LogP contribution < -0.4 is 4.31 Å². The topological polar surface area (TPSA) is 118 Å². The second-order valence-corrected chi connectivity index (χ2v) is 6.98. The highest BCUT2D eigenvalue weighted by molar-refractivity contribution is 7.92. The van der Waals surface area contributed by atoms with Gasteiger partial charge in [0.15, 0.2) is 0 Å². The first-order valence-corrected chi connectivity index (χ1v) is 8.36. The Morgan fingerprint density at radius 2 is 2.00 bits per heavy atom. The SMILES string of the molecule is Cc1ccn2nc(S(=O)(=O)N(C)c3c(F)cccc3C(=O)O)nc2n1. The van der Waals surface area contributed by atoms with Gasteiger partial charge in [-0.1, -0.05) is 6.07 Å². The van der Waals surface area contributed by atoms with Crippen LogP contribution in [-0.2, 0) is 10.0 Å². The number of sulfonamides is 1. The molecule has 2 heterocycles. The van der Waals surface area contributed by atoms with E-state index in [1.807, 2.05) is 0 Å². The van der Waals surface area contributed by atoms with E-state index < -0.39 is 38.2 Å². The van der Waals surface area contributed by atoms with Gasteiger partial charge in [0.05, 0.1) is 5.56 Å². The lowest BCUT2D eigenvalue weighted by molar-refractivity contribution is 0.0697. The van der Waals surface area contributed by atoms with Gasteiger partial charge in [-0.15, -0.1) is 5.10 Å². The van der Waals surface area contributed by atoms with Crippen molar-refractivity contribution in [2.75, 3.05) is 11.4 Å². The van der Waals surface area contributed by atoms with E-state index in [0.29, 0.717) is 10.00 Å². The first-order valence-electron chi connectivity index (χ1n) is 6.92. The van der Waals surface area contributed by atoms with Gasteiger partial charge < -0.3 is 5.11 Å². The summed E-state index contributed by atoms with van der Waals surface area (Å²) in [6.45, 7) is 1.70. The molecule has 0 spiro atoms. The Morgan fingerprint density at radius 1 is 1.28 bits per heavy atom. The number of anilines is 1. The summed E-state index contributed by atoms with van der Waals surface area (Å²) >= 11 is 0. The summed E-state index contributed by atoms with van der Waals surface area (Å²) in [4.78, 5) is 19.2. The summed E-state index contributed by atoms with van der Waals surface area (Å²) in [7, 11) is -3.37. The average molecular weight is 365 g/mol. The van der Waals surface area contributed by atoms with Crippen molar-refractivity contribution in [3.63, 3.8) is 0 Å². The van der Waals surface area contributed by atoms with Gasteiger partial charge in [-0.25, -0.2) is 18.7 Å². The monoisotopic (exact) mass is 365 g/mol. The van der Waals surface area contributed by atoms with Crippen LogP contribution in [0.15, 0.2) is 35.6 Å². The molecule has 0 bridgehead atoms. The fourth-order valence-electron chi connectivity index (χ4n) is 2.21. The van der Waals surface area contributed by atoms with E-state index in [2.05, 4.69) is 15.1 Å². The number of halogens is 1. The molecule has 0 unspecified atom stereocenters. The molecule has 9 nitrogen and oxygen atoms in total. The number of carboxylic acids is 1. The van der Waals surface area contributed by atoms with Crippen molar-refractivity contribution < 1.29 is 22.7 Å². The molecule has 1 aromatic carbocycles. The van der Waals surface area contributed by atoms with Crippen molar-refractivity contribution in [3.05, 3.63) is 47.5 Å². The zero-order valence-electron chi connectivity index (χ0n) is 13.1. The molecule has 0 aliphatic rings. The lowest BCUT2D eigenvalue weighted by Crippen LogP contribution is -2.30. The molecule has 2 aromatic heterocycles. The number of hydrogen-bond acceptors (Lipinski definition) is 6. The molecule has 0 amide bonds. The van der Waals surface area contributed by atoms with Gasteiger partial charge in [0.25, 0.3) is 10.9 Å². The van der Waals surface area contributed by atoms with Crippen LogP contribution in [0, 0.1) is 12.7 Å². The second-order valence-electron chi connectivity index (χ2n) is 5.12. The molecule has 0 fully saturated rings. The Hall–Kier alpha value is -3.08. The number of para-hydroxylation sites is 1. The Morgan fingerprint density at radius 3 is 2.68 bits per heavy atom. The molecule has 1 N–H and O–H groups in total. The van der Waals surface area contributed by atoms with Crippen molar-refractivity contribution in [3.8, 4) is 0 Å². The number of hydrogen-bond donors (Lipinski definition) is 1. The molecule has 11 heteroatoms. The van der Waals surface area contributed by atoms with Crippen molar-refractivity contribution in [1.82, 2.24) is 19.6 Å². The van der Waals surface area contributed by atoms with Gasteiger partial charge in [-0.2, -0.15) is 13.4 Å². The molecular formula is C14H12FN5O4S. The van der Waals surface area contributed by atoms with Crippen LogP contribution in [-0.4, -0.2) is 46.1 Å². The smallest absolute Gasteiger partial charge is 0.337 e. The number of aryl methyl sites for hydroxylation is 1. The van der Waals surface area contributed by atoms with E-state index in [1.165, 1.54) is 12.3 Å². The number of fused-ring (bicyclic) bond motifs is 1. The number of carboxylic acid groups (broad SMARTS) is 1. The highest BCUT2D eigenvalue weighted by Gasteiger charge is 2.31. The summed E-state index contributed by atoms with van der Waals surface area (Å²) < 4.78 is 41.2. The van der Waals surface area contributed by atoms with E-state index in [0.717, 1.165) is 23.7 Å². The van der Waals surface area contributed by atoms with E-state index in [1.54, 1.807) is 13.0 Å². The minimum Gasteiger partial charge on any atom is -0.478 e. The third-order valence-electron chi connectivity index (χ3n) is 3.45. The average Bonchev–Trinajstić information content (AvgIpc) is 2.97. The Bertz CT molecular complexity index is 1100. The molecular weight excluding hydrogens is 353 g/mol. The summed E-state index contributed by atoms with van der Waals surface area (Å²) in [5.41, 5.74) is -0.485. The van der Waals surface area contributed by atoms with Crippen LogP contribution in [0.4, 0.5) is 10.1 Å². The quantitative estimate of drug-likeness (QED) is 0.735. The first kappa shape index (κ1) is 16.8. The second kappa shape index (κ2) is 5.77. The van der Waals surface area contributed by atoms with Crippen molar-refractivity contribution in [2.45, 2.75) is 12.1 Å². The van der Waals surface area contributed by atoms with Crippen molar-refractivity contribution >= 4 is 27.5 Å². The molecule has 3 aromatic rings. The van der Waals surface area contributed by atoms with Crippen LogP contribution in [0.2, 0.25) is 0 Å². The largest absolute Gasteiger partial charge is 0.478 e. The minimum absolute atomic E-state index is 0.0546. The lowest BCUT2D eigenvalue weighted by atomic mass is 10.1. The van der Waals surface area contributed by atoms with E-state index in [4.69, 9.17) is 0 Å². The molecule has 0 saturated heterocycles. The van der Waals surface area contributed by atoms with Crippen molar-refractivity contribution in [2.24, 2.45) is 0 Å². The fourth-order valence-corrected chi connectivity index (χ4v) is 3.26. The standard InChI is InChI=1S/C14H12FN5O4S/c1-8-6-7-20-13(16-8)17-14(18-20)25(23,24)19(2)11-9(12(21)22)4-3-5-10(11)15/h3-7H,1-2H3,(H,21,22). The number of nitrogens with zero attached hydrogens (tertiary/aromatic N) is 5. The van der Waals surface area contributed by atoms with Gasteiger partial charge in [0.1, 0.15) is 11.5 Å². The van der Waals surface area contributed by atoms with E-state index in [9.17, 15) is 22.7 Å². The van der Waals surface area contributed by atoms with Gasteiger partial charge in [0.2, 0.25) is 0 Å². The summed E-state index contributed by atoms with van der Waals surface area (Å²) in [5.74, 6) is -2.40. The van der Waals surface area contributed by atoms with Crippen molar-refractivity contribution in [1.29, 1.82) is 0 Å². The van der Waals surface area contributed by atoms with Gasteiger partial charge >= 0.3 is 16.0 Å². The number of rotatable bonds is 4. The van der Waals surface area contributed by atoms with Crippen LogP contribution in [0.3, 0.4) is 0 Å². The zero-order valence-corrected chi connectivity index (χ0v) is 13.9. The van der Waals surface area contributed by atoms with E-state index in [-0.39, 0.29) is 5.78 Å². The maximum absolute atomic E-state index is 14.1. The molecule has 3 rings (SSSR count). The lowest BCUT2D eigenvalue weighted by Gasteiger charge is -2.19. The van der Waals surface area contributed by atoms with Crippen LogP contribution in [0.1, 0.15) is 16.1 Å². The third kappa shape index (κ3) is 2.78. The molecule has 0 radical (unpaired) electrons. The highest BCUT2D eigenvalue weighted by Crippen LogP contribution is 2.27. The maximum Gasteiger partial charge on any atom is 0.337 e. The third-order valence-corrected chi connectivity index (χ3v) is 4.99. The molecule has 130 valence electrons. The number of benzene rings is 1. The minimum atomic E-state index is -4.40. The predicted molar refractivity (Wildman–Crippen MR) is 84.5 cm³/mol. The highest BCUT2D eigenvalue weighted by atomic mass is 32.2. The van der Waals surface area contributed by atoms with Gasteiger partial charge in [0, 0.05) is 18.9 Å². The van der Waals surface area contributed by atoms with Gasteiger partial charge in [-0.05, 0) is 25.1 Å². The Kier molecular flexibility index (Phi) is 3.87. The summed E-state index contributed by atoms with van der Waals surface area (Å²) in [6.07, 6.45) is 1.48. The Labute approximate surface area is 141 Å². The molecule has 0 saturated carbocycles.